The molecule has 0 aliphatic rings. The lowest BCUT2D eigenvalue weighted by Gasteiger charge is -2.09. The van der Waals surface area contributed by atoms with E-state index in [4.69, 9.17) is 0 Å². The molecule has 20 heavy (non-hydrogen) atoms. The number of nitrogens with one attached hydrogen (secondary N) is 1. The molecule has 0 fully saturated rings. The minimum atomic E-state index is -3.58. The number of rotatable bonds is 4. The highest BCUT2D eigenvalue weighted by Gasteiger charge is 2.18. The van der Waals surface area contributed by atoms with E-state index in [1.54, 1.807) is 29.1 Å². The van der Waals surface area contributed by atoms with Gasteiger partial charge >= 0.3 is 0 Å². The van der Waals surface area contributed by atoms with Gasteiger partial charge in [0.1, 0.15) is 0 Å². The van der Waals surface area contributed by atoms with E-state index in [-0.39, 0.29) is 11.4 Å². The van der Waals surface area contributed by atoms with Crippen LogP contribution in [0, 0.1) is 6.92 Å². The van der Waals surface area contributed by atoms with Crippen molar-refractivity contribution >= 4 is 41.9 Å². The lowest BCUT2D eigenvalue weighted by molar-refractivity contribution is 0.580. The van der Waals surface area contributed by atoms with E-state index in [2.05, 4.69) is 41.7 Å². The number of aryl methyl sites for hydroxylation is 1. The SMILES string of the molecule is Cc1c(CNS(=O)(=O)c2cc(Br)ccc2Br)cnn1C. The van der Waals surface area contributed by atoms with Gasteiger partial charge in [-0.05, 0) is 41.1 Å². The van der Waals surface area contributed by atoms with Gasteiger partial charge in [0.2, 0.25) is 10.0 Å². The molecular weight excluding hydrogens is 410 g/mol. The van der Waals surface area contributed by atoms with Gasteiger partial charge < -0.3 is 0 Å². The lowest BCUT2D eigenvalue weighted by atomic mass is 10.3. The molecule has 1 N–H and O–H groups in total. The second kappa shape index (κ2) is 5.97. The third-order valence-corrected chi connectivity index (χ3v) is 5.86. The highest BCUT2D eigenvalue weighted by molar-refractivity contribution is 9.11. The summed E-state index contributed by atoms with van der Waals surface area (Å²) in [5, 5.41) is 4.09. The summed E-state index contributed by atoms with van der Waals surface area (Å²) in [4.78, 5) is 0.202. The summed E-state index contributed by atoms with van der Waals surface area (Å²) < 4.78 is 30.1. The van der Waals surface area contributed by atoms with Crippen molar-refractivity contribution in [1.82, 2.24) is 14.5 Å². The summed E-state index contributed by atoms with van der Waals surface area (Å²) in [6, 6.07) is 5.02. The van der Waals surface area contributed by atoms with Crippen molar-refractivity contribution in [2.75, 3.05) is 0 Å². The van der Waals surface area contributed by atoms with Gasteiger partial charge in [-0.15, -0.1) is 0 Å². The largest absolute Gasteiger partial charge is 0.273 e. The third-order valence-electron chi connectivity index (χ3n) is 2.97. The van der Waals surface area contributed by atoms with Crippen LogP contribution >= 0.6 is 31.9 Å². The Labute approximate surface area is 134 Å². The Bertz CT molecular complexity index is 741. The summed E-state index contributed by atoms with van der Waals surface area (Å²) >= 11 is 6.53. The molecule has 1 aromatic heterocycles. The van der Waals surface area contributed by atoms with Crippen LogP contribution < -0.4 is 4.72 Å². The topological polar surface area (TPSA) is 64.0 Å². The smallest absolute Gasteiger partial charge is 0.242 e. The third kappa shape index (κ3) is 3.30. The standard InChI is InChI=1S/C12H13Br2N3O2S/c1-8-9(6-15-17(8)2)7-16-20(18,19)12-5-10(13)3-4-11(12)14/h3-6,16H,7H2,1-2H3. The molecule has 8 heteroatoms. The average Bonchev–Trinajstić information content (AvgIpc) is 2.70. The number of hydrogen-bond donors (Lipinski definition) is 1. The lowest BCUT2D eigenvalue weighted by Crippen LogP contribution is -2.23. The number of benzene rings is 1. The normalized spacial score (nSPS) is 11.8. The van der Waals surface area contributed by atoms with Gasteiger partial charge in [0.05, 0.1) is 11.1 Å². The first-order valence-electron chi connectivity index (χ1n) is 5.73. The van der Waals surface area contributed by atoms with Crippen molar-refractivity contribution in [1.29, 1.82) is 0 Å². The zero-order chi connectivity index (χ0) is 14.9. The highest BCUT2D eigenvalue weighted by Crippen LogP contribution is 2.25. The minimum absolute atomic E-state index is 0.202. The predicted octanol–water partition coefficient (Wildman–Crippen LogP) is 2.73. The van der Waals surface area contributed by atoms with E-state index >= 15 is 0 Å². The molecule has 1 aromatic carbocycles. The minimum Gasteiger partial charge on any atom is -0.273 e. The fourth-order valence-corrected chi connectivity index (χ4v) is 4.16. The molecule has 108 valence electrons. The molecule has 1 heterocycles. The Hall–Kier alpha value is -0.700. The first-order chi connectivity index (χ1) is 9.31. The van der Waals surface area contributed by atoms with Crippen LogP contribution in [0.5, 0.6) is 0 Å². The monoisotopic (exact) mass is 421 g/mol. The maximum absolute atomic E-state index is 12.3. The number of hydrogen-bond acceptors (Lipinski definition) is 3. The quantitative estimate of drug-likeness (QED) is 0.823. The van der Waals surface area contributed by atoms with Gasteiger partial charge in [-0.2, -0.15) is 5.10 Å². The van der Waals surface area contributed by atoms with Crippen LogP contribution in [-0.2, 0) is 23.6 Å². The second-order valence-electron chi connectivity index (χ2n) is 4.28. The van der Waals surface area contributed by atoms with Gasteiger partial charge in [0.25, 0.3) is 0 Å². The fraction of sp³-hybridized carbons (Fsp3) is 0.250. The van der Waals surface area contributed by atoms with Gasteiger partial charge in [-0.3, -0.25) is 4.68 Å². The molecule has 0 saturated heterocycles. The molecule has 0 unspecified atom stereocenters. The number of halogens is 2. The first-order valence-corrected chi connectivity index (χ1v) is 8.80. The van der Waals surface area contributed by atoms with Crippen LogP contribution in [0.15, 0.2) is 38.2 Å². The summed E-state index contributed by atoms with van der Waals surface area (Å²) in [7, 11) is -1.77. The molecule has 0 amide bonds. The van der Waals surface area contributed by atoms with E-state index in [0.29, 0.717) is 8.95 Å². The van der Waals surface area contributed by atoms with Crippen molar-refractivity contribution in [3.8, 4) is 0 Å². The van der Waals surface area contributed by atoms with Crippen molar-refractivity contribution in [3.05, 3.63) is 44.6 Å². The summed E-state index contributed by atoms with van der Waals surface area (Å²) in [5.41, 5.74) is 1.78. The van der Waals surface area contributed by atoms with Gasteiger partial charge in [-0.25, -0.2) is 13.1 Å². The van der Waals surface area contributed by atoms with Crippen molar-refractivity contribution in [3.63, 3.8) is 0 Å². The molecule has 2 aromatic rings. The summed E-state index contributed by atoms with van der Waals surface area (Å²) in [5.74, 6) is 0. The first kappa shape index (κ1) is 15.7. The van der Waals surface area contributed by atoms with Crippen molar-refractivity contribution in [2.24, 2.45) is 7.05 Å². The van der Waals surface area contributed by atoms with E-state index in [0.717, 1.165) is 11.3 Å². The number of aromatic nitrogens is 2. The van der Waals surface area contributed by atoms with Crippen LogP contribution in [0.1, 0.15) is 11.3 Å². The molecule has 0 saturated carbocycles. The van der Waals surface area contributed by atoms with Crippen LogP contribution in [0.4, 0.5) is 0 Å². The van der Waals surface area contributed by atoms with Crippen LogP contribution in [0.2, 0.25) is 0 Å². The Morgan fingerprint density at radius 3 is 2.65 bits per heavy atom. The van der Waals surface area contributed by atoms with E-state index < -0.39 is 10.0 Å². The molecule has 0 atom stereocenters. The zero-order valence-electron chi connectivity index (χ0n) is 10.9. The number of nitrogens with zero attached hydrogens (tertiary/aromatic N) is 2. The Kier molecular flexibility index (Phi) is 4.68. The molecule has 0 aliphatic carbocycles. The van der Waals surface area contributed by atoms with Crippen molar-refractivity contribution < 1.29 is 8.42 Å². The molecule has 0 aliphatic heterocycles. The summed E-state index contributed by atoms with van der Waals surface area (Å²) in [6.07, 6.45) is 1.66. The van der Waals surface area contributed by atoms with Gasteiger partial charge in [0.15, 0.2) is 0 Å². The van der Waals surface area contributed by atoms with Crippen LogP contribution in [0.3, 0.4) is 0 Å². The average molecular weight is 423 g/mol. The van der Waals surface area contributed by atoms with Gasteiger partial charge in [0, 0.05) is 33.8 Å². The molecule has 0 radical (unpaired) electrons. The molecule has 0 spiro atoms. The molecule has 2 rings (SSSR count). The van der Waals surface area contributed by atoms with Gasteiger partial charge in [-0.1, -0.05) is 15.9 Å². The van der Waals surface area contributed by atoms with E-state index in [1.807, 2.05) is 14.0 Å². The zero-order valence-corrected chi connectivity index (χ0v) is 14.9. The van der Waals surface area contributed by atoms with Crippen molar-refractivity contribution in [2.45, 2.75) is 18.4 Å². The highest BCUT2D eigenvalue weighted by atomic mass is 79.9. The van der Waals surface area contributed by atoms with E-state index in [9.17, 15) is 8.42 Å². The Morgan fingerprint density at radius 2 is 2.05 bits per heavy atom. The molecular formula is C12H13Br2N3O2S. The fourth-order valence-electron chi connectivity index (χ4n) is 1.65. The Morgan fingerprint density at radius 1 is 1.35 bits per heavy atom. The maximum Gasteiger partial charge on any atom is 0.242 e. The van der Waals surface area contributed by atoms with Crippen LogP contribution in [0.25, 0.3) is 0 Å². The Balaban J connectivity index is 2.24. The van der Waals surface area contributed by atoms with E-state index in [1.165, 1.54) is 0 Å². The molecule has 0 bridgehead atoms. The predicted molar refractivity (Wildman–Crippen MR) is 83.8 cm³/mol. The number of sulfonamides is 1. The molecule has 5 nitrogen and oxygen atoms in total. The maximum atomic E-state index is 12.3. The second-order valence-corrected chi connectivity index (χ2v) is 7.78. The summed E-state index contributed by atoms with van der Waals surface area (Å²) in [6.45, 7) is 2.10. The van der Waals surface area contributed by atoms with Crippen LogP contribution in [-0.4, -0.2) is 18.2 Å².